The van der Waals surface area contributed by atoms with E-state index in [4.69, 9.17) is 6.42 Å². The first-order valence-electron chi connectivity index (χ1n) is 5.13. The van der Waals surface area contributed by atoms with Gasteiger partial charge in [0.1, 0.15) is 5.82 Å². The summed E-state index contributed by atoms with van der Waals surface area (Å²) in [4.78, 5) is 0. The second-order valence-corrected chi connectivity index (χ2v) is 3.56. The zero-order chi connectivity index (χ0) is 11.1. The molecule has 0 fully saturated rings. The molecule has 0 unspecified atom stereocenters. The molecule has 1 N–H and O–H groups in total. The predicted octanol–water partition coefficient (Wildman–Crippen LogP) is 2.64. The molecule has 1 aromatic carbocycles. The van der Waals surface area contributed by atoms with Crippen LogP contribution in [-0.2, 0) is 6.54 Å². The lowest BCUT2D eigenvalue weighted by molar-refractivity contribution is 0.621. The van der Waals surface area contributed by atoms with E-state index in [9.17, 15) is 4.39 Å². The Labute approximate surface area is 90.7 Å². The van der Waals surface area contributed by atoms with E-state index >= 15 is 0 Å². The summed E-state index contributed by atoms with van der Waals surface area (Å²) >= 11 is 0. The summed E-state index contributed by atoms with van der Waals surface area (Å²) in [5.41, 5.74) is 2.12. The van der Waals surface area contributed by atoms with Gasteiger partial charge in [0.2, 0.25) is 0 Å². The first-order chi connectivity index (χ1) is 7.24. The summed E-state index contributed by atoms with van der Waals surface area (Å²) in [6, 6.07) is 4.86. The predicted molar refractivity (Wildman–Crippen MR) is 60.9 cm³/mol. The van der Waals surface area contributed by atoms with Crippen LogP contribution in [0.3, 0.4) is 0 Å². The summed E-state index contributed by atoms with van der Waals surface area (Å²) in [6.07, 6.45) is 6.93. The van der Waals surface area contributed by atoms with Crippen molar-refractivity contribution in [2.45, 2.75) is 26.3 Å². The molecular formula is C13H16FN. The van der Waals surface area contributed by atoms with Gasteiger partial charge in [-0.3, -0.25) is 0 Å². The zero-order valence-corrected chi connectivity index (χ0v) is 9.02. The van der Waals surface area contributed by atoms with Crippen LogP contribution >= 0.6 is 0 Å². The van der Waals surface area contributed by atoms with E-state index < -0.39 is 0 Å². The molecule has 0 saturated carbocycles. The molecule has 1 aromatic rings. The van der Waals surface area contributed by atoms with Gasteiger partial charge in [-0.25, -0.2) is 4.39 Å². The van der Waals surface area contributed by atoms with Crippen molar-refractivity contribution in [3.63, 3.8) is 0 Å². The van der Waals surface area contributed by atoms with Crippen LogP contribution < -0.4 is 5.32 Å². The van der Waals surface area contributed by atoms with Gasteiger partial charge in [0.25, 0.3) is 0 Å². The third kappa shape index (κ3) is 4.14. The topological polar surface area (TPSA) is 12.0 Å². The lowest BCUT2D eigenvalue weighted by atomic mass is 10.1. The molecule has 0 saturated heterocycles. The molecule has 2 heteroatoms. The number of benzene rings is 1. The third-order valence-electron chi connectivity index (χ3n) is 2.29. The second-order valence-electron chi connectivity index (χ2n) is 3.56. The summed E-state index contributed by atoms with van der Waals surface area (Å²) in [5, 5.41) is 3.28. The smallest absolute Gasteiger partial charge is 0.123 e. The molecule has 0 aliphatic rings. The van der Waals surface area contributed by atoms with Crippen molar-refractivity contribution in [3.05, 3.63) is 35.1 Å². The lowest BCUT2D eigenvalue weighted by Crippen LogP contribution is -2.15. The molecule has 0 aliphatic carbocycles. The number of halogens is 1. The van der Waals surface area contributed by atoms with Crippen LogP contribution in [0.15, 0.2) is 18.2 Å². The van der Waals surface area contributed by atoms with E-state index in [0.29, 0.717) is 0 Å². The highest BCUT2D eigenvalue weighted by Gasteiger charge is 1.98. The molecule has 15 heavy (non-hydrogen) atoms. The van der Waals surface area contributed by atoms with Crippen LogP contribution in [0.1, 0.15) is 24.0 Å². The van der Waals surface area contributed by atoms with Crippen molar-refractivity contribution in [1.29, 1.82) is 0 Å². The highest BCUT2D eigenvalue weighted by atomic mass is 19.1. The number of hydrogen-bond acceptors (Lipinski definition) is 1. The Morgan fingerprint density at radius 1 is 1.47 bits per heavy atom. The monoisotopic (exact) mass is 205 g/mol. The van der Waals surface area contributed by atoms with E-state index in [0.717, 1.165) is 37.1 Å². The summed E-state index contributed by atoms with van der Waals surface area (Å²) in [5.74, 6) is 2.42. The van der Waals surface area contributed by atoms with Gasteiger partial charge in [-0.05, 0) is 43.1 Å². The molecule has 0 amide bonds. The molecule has 0 aromatic heterocycles. The van der Waals surface area contributed by atoms with E-state index in [1.54, 1.807) is 6.07 Å². The Morgan fingerprint density at radius 3 is 2.93 bits per heavy atom. The quantitative estimate of drug-likeness (QED) is 0.575. The maximum absolute atomic E-state index is 12.8. The van der Waals surface area contributed by atoms with Gasteiger partial charge in [-0.1, -0.05) is 6.07 Å². The molecule has 1 rings (SSSR count). The number of nitrogens with one attached hydrogen (secondary N) is 1. The lowest BCUT2D eigenvalue weighted by Gasteiger charge is -2.07. The number of terminal acetylenes is 1. The number of aryl methyl sites for hydroxylation is 1. The van der Waals surface area contributed by atoms with Crippen molar-refractivity contribution < 1.29 is 4.39 Å². The maximum atomic E-state index is 12.8. The van der Waals surface area contributed by atoms with Gasteiger partial charge >= 0.3 is 0 Å². The zero-order valence-electron chi connectivity index (χ0n) is 9.02. The normalized spacial score (nSPS) is 9.93. The van der Waals surface area contributed by atoms with Gasteiger partial charge in [-0.15, -0.1) is 12.3 Å². The largest absolute Gasteiger partial charge is 0.313 e. The van der Waals surface area contributed by atoms with Crippen LogP contribution in [0, 0.1) is 25.1 Å². The minimum Gasteiger partial charge on any atom is -0.313 e. The molecule has 0 spiro atoms. The number of unbranched alkanes of at least 4 members (excludes halogenated alkanes) is 1. The highest BCUT2D eigenvalue weighted by molar-refractivity contribution is 5.26. The van der Waals surface area contributed by atoms with Gasteiger partial charge < -0.3 is 5.32 Å². The molecule has 80 valence electrons. The number of rotatable bonds is 5. The van der Waals surface area contributed by atoms with E-state index in [2.05, 4.69) is 11.2 Å². The Kier molecular flexibility index (Phi) is 4.86. The van der Waals surface area contributed by atoms with E-state index in [1.807, 2.05) is 13.0 Å². The third-order valence-corrected chi connectivity index (χ3v) is 2.29. The van der Waals surface area contributed by atoms with Crippen molar-refractivity contribution in [1.82, 2.24) is 5.32 Å². The van der Waals surface area contributed by atoms with Gasteiger partial charge in [0.15, 0.2) is 0 Å². The van der Waals surface area contributed by atoms with Crippen molar-refractivity contribution in [2.24, 2.45) is 0 Å². The molecular weight excluding hydrogens is 189 g/mol. The van der Waals surface area contributed by atoms with E-state index in [1.165, 1.54) is 6.07 Å². The molecule has 0 heterocycles. The molecule has 0 atom stereocenters. The van der Waals surface area contributed by atoms with E-state index in [-0.39, 0.29) is 5.82 Å². The average molecular weight is 205 g/mol. The summed E-state index contributed by atoms with van der Waals surface area (Å²) < 4.78 is 12.8. The van der Waals surface area contributed by atoms with Gasteiger partial charge in [-0.2, -0.15) is 0 Å². The van der Waals surface area contributed by atoms with Gasteiger partial charge in [0, 0.05) is 13.0 Å². The Hall–Kier alpha value is -1.33. The van der Waals surface area contributed by atoms with Crippen LogP contribution in [0.4, 0.5) is 4.39 Å². The first-order valence-corrected chi connectivity index (χ1v) is 5.13. The SMILES string of the molecule is C#CCCCNCc1ccc(F)cc1C. The fourth-order valence-corrected chi connectivity index (χ4v) is 1.40. The summed E-state index contributed by atoms with van der Waals surface area (Å²) in [6.45, 7) is 3.60. The fraction of sp³-hybridized carbons (Fsp3) is 0.385. The molecule has 0 radical (unpaired) electrons. The average Bonchev–Trinajstić information content (AvgIpc) is 2.20. The highest BCUT2D eigenvalue weighted by Crippen LogP contribution is 2.09. The summed E-state index contributed by atoms with van der Waals surface area (Å²) in [7, 11) is 0. The van der Waals surface area contributed by atoms with Crippen molar-refractivity contribution in [2.75, 3.05) is 6.54 Å². The minimum absolute atomic E-state index is 0.177. The second kappa shape index (κ2) is 6.21. The number of hydrogen-bond donors (Lipinski definition) is 1. The Balaban J connectivity index is 2.35. The van der Waals surface area contributed by atoms with Crippen LogP contribution in [-0.4, -0.2) is 6.54 Å². The standard InChI is InChI=1S/C13H16FN/c1-3-4-5-8-15-10-12-6-7-13(14)9-11(12)2/h1,6-7,9,15H,4-5,8,10H2,2H3. The minimum atomic E-state index is -0.177. The fourth-order valence-electron chi connectivity index (χ4n) is 1.40. The molecule has 1 nitrogen and oxygen atoms in total. The Bertz CT molecular complexity index is 352. The molecule has 0 bridgehead atoms. The van der Waals surface area contributed by atoms with Crippen molar-refractivity contribution >= 4 is 0 Å². The van der Waals surface area contributed by atoms with Crippen LogP contribution in [0.25, 0.3) is 0 Å². The molecule has 0 aliphatic heterocycles. The first kappa shape index (κ1) is 11.7. The van der Waals surface area contributed by atoms with Crippen LogP contribution in [0.5, 0.6) is 0 Å². The Morgan fingerprint density at radius 2 is 2.27 bits per heavy atom. The van der Waals surface area contributed by atoms with Gasteiger partial charge in [0.05, 0.1) is 0 Å². The maximum Gasteiger partial charge on any atom is 0.123 e. The van der Waals surface area contributed by atoms with Crippen molar-refractivity contribution in [3.8, 4) is 12.3 Å². The van der Waals surface area contributed by atoms with Crippen LogP contribution in [0.2, 0.25) is 0 Å².